The highest BCUT2D eigenvalue weighted by molar-refractivity contribution is 6.02. The van der Waals surface area contributed by atoms with Gasteiger partial charge in [0.2, 0.25) is 11.8 Å². The van der Waals surface area contributed by atoms with Gasteiger partial charge in [-0.1, -0.05) is 84.9 Å². The fourth-order valence-corrected chi connectivity index (χ4v) is 5.42. The molecule has 35 heavy (non-hydrogen) atoms. The topological polar surface area (TPSA) is 49.9 Å². The van der Waals surface area contributed by atoms with Crippen molar-refractivity contribution in [2.24, 2.45) is 5.92 Å². The molecule has 2 aliphatic heterocycles. The number of carbonyl (C=O) groups excluding carboxylic acids is 2. The summed E-state index contributed by atoms with van der Waals surface area (Å²) >= 11 is 0. The van der Waals surface area contributed by atoms with E-state index in [4.69, 9.17) is 4.74 Å². The van der Waals surface area contributed by atoms with Crippen LogP contribution in [0.25, 0.3) is 0 Å². The average Bonchev–Trinajstić information content (AvgIpc) is 2.87. The summed E-state index contributed by atoms with van der Waals surface area (Å²) in [6, 6.07) is 27.6. The minimum absolute atomic E-state index is 0.152. The summed E-state index contributed by atoms with van der Waals surface area (Å²) in [7, 11) is 0. The molecule has 2 aliphatic rings. The molecule has 1 fully saturated rings. The summed E-state index contributed by atoms with van der Waals surface area (Å²) in [6.07, 6.45) is 2.26. The van der Waals surface area contributed by atoms with Crippen molar-refractivity contribution in [3.63, 3.8) is 0 Å². The number of carbonyl (C=O) groups is 2. The lowest BCUT2D eigenvalue weighted by Gasteiger charge is -2.53. The van der Waals surface area contributed by atoms with Crippen molar-refractivity contribution < 1.29 is 14.3 Å². The average molecular weight is 467 g/mol. The minimum Gasteiger partial charge on any atom is -0.468 e. The molecule has 0 aromatic heterocycles. The summed E-state index contributed by atoms with van der Waals surface area (Å²) in [5.41, 5.74) is 2.17. The van der Waals surface area contributed by atoms with Gasteiger partial charge in [-0.25, -0.2) is 0 Å². The van der Waals surface area contributed by atoms with Crippen LogP contribution in [-0.4, -0.2) is 33.9 Å². The Morgan fingerprint density at radius 2 is 1.57 bits per heavy atom. The van der Waals surface area contributed by atoms with Gasteiger partial charge in [-0.3, -0.25) is 9.59 Å². The van der Waals surface area contributed by atoms with Crippen molar-refractivity contribution in [3.05, 3.63) is 114 Å². The molecule has 0 radical (unpaired) electrons. The van der Waals surface area contributed by atoms with Crippen LogP contribution in [0.15, 0.2) is 97.6 Å². The molecule has 2 heterocycles. The van der Waals surface area contributed by atoms with Crippen molar-refractivity contribution in [2.75, 3.05) is 6.54 Å². The first-order valence-corrected chi connectivity index (χ1v) is 12.1. The quantitative estimate of drug-likeness (QED) is 0.358. The van der Waals surface area contributed by atoms with Gasteiger partial charge in [0.25, 0.3) is 0 Å². The predicted molar refractivity (Wildman–Crippen MR) is 135 cm³/mol. The Morgan fingerprint density at radius 1 is 1.00 bits per heavy atom. The number of amides is 2. The molecule has 0 N–H and O–H groups in total. The first kappa shape index (κ1) is 22.9. The van der Waals surface area contributed by atoms with E-state index in [1.165, 1.54) is 0 Å². The van der Waals surface area contributed by atoms with Crippen molar-refractivity contribution >= 4 is 11.8 Å². The zero-order valence-corrected chi connectivity index (χ0v) is 20.0. The second-order valence-corrected chi connectivity index (χ2v) is 9.51. The number of benzene rings is 3. The highest BCUT2D eigenvalue weighted by atomic mass is 16.5. The van der Waals surface area contributed by atoms with Gasteiger partial charge in [0.1, 0.15) is 11.7 Å². The van der Waals surface area contributed by atoms with Crippen LogP contribution in [-0.2, 0) is 22.7 Å². The molecular weight excluding hydrogens is 436 g/mol. The maximum absolute atomic E-state index is 14.3. The van der Waals surface area contributed by atoms with Crippen molar-refractivity contribution in [3.8, 4) is 5.75 Å². The van der Waals surface area contributed by atoms with Gasteiger partial charge in [-0.15, -0.1) is 6.58 Å². The zero-order chi connectivity index (χ0) is 24.4. The van der Waals surface area contributed by atoms with Crippen molar-refractivity contribution in [1.82, 2.24) is 9.80 Å². The molecule has 3 atom stereocenters. The number of hydrogen-bond acceptors (Lipinski definition) is 3. The fraction of sp³-hybridized carbons (Fsp3) is 0.267. The first-order chi connectivity index (χ1) is 17.0. The van der Waals surface area contributed by atoms with E-state index in [1.807, 2.05) is 96.8 Å². The molecule has 0 aliphatic carbocycles. The van der Waals surface area contributed by atoms with Crippen molar-refractivity contribution in [1.29, 1.82) is 0 Å². The Bertz CT molecular complexity index is 1190. The van der Waals surface area contributed by atoms with Crippen LogP contribution in [0.3, 0.4) is 0 Å². The number of hydrogen-bond donors (Lipinski definition) is 0. The molecule has 1 saturated heterocycles. The van der Waals surface area contributed by atoms with Gasteiger partial charge in [0.05, 0.1) is 0 Å². The number of piperidine rings is 1. The van der Waals surface area contributed by atoms with Crippen LogP contribution >= 0.6 is 0 Å². The maximum atomic E-state index is 14.3. The summed E-state index contributed by atoms with van der Waals surface area (Å²) in [5.74, 6) is -0.682. The molecule has 2 amide bonds. The Balaban J connectivity index is 1.55. The Morgan fingerprint density at radius 3 is 2.17 bits per heavy atom. The predicted octanol–water partition coefficient (Wildman–Crippen LogP) is 5.14. The second kappa shape index (κ2) is 9.41. The maximum Gasteiger partial charge on any atom is 0.239 e. The van der Waals surface area contributed by atoms with E-state index in [0.29, 0.717) is 26.1 Å². The highest BCUT2D eigenvalue weighted by Crippen LogP contribution is 2.50. The molecule has 178 valence electrons. The Kier molecular flexibility index (Phi) is 6.16. The minimum atomic E-state index is -0.819. The number of rotatable bonds is 7. The summed E-state index contributed by atoms with van der Waals surface area (Å²) < 4.78 is 6.34. The third kappa shape index (κ3) is 4.34. The van der Waals surface area contributed by atoms with E-state index >= 15 is 0 Å². The lowest BCUT2D eigenvalue weighted by atomic mass is 9.73. The molecule has 0 saturated carbocycles. The van der Waals surface area contributed by atoms with E-state index in [9.17, 15) is 9.59 Å². The van der Waals surface area contributed by atoms with Gasteiger partial charge < -0.3 is 14.5 Å². The van der Waals surface area contributed by atoms with Crippen molar-refractivity contribution in [2.45, 2.75) is 38.1 Å². The summed E-state index contributed by atoms with van der Waals surface area (Å²) in [4.78, 5) is 31.7. The molecule has 0 spiro atoms. The summed E-state index contributed by atoms with van der Waals surface area (Å²) in [6.45, 7) is 6.97. The third-order valence-electron chi connectivity index (χ3n) is 7.07. The molecule has 2 bridgehead atoms. The third-order valence-corrected chi connectivity index (χ3v) is 7.07. The van der Waals surface area contributed by atoms with E-state index < -0.39 is 11.6 Å². The molecule has 5 heteroatoms. The van der Waals surface area contributed by atoms with Crippen LogP contribution in [0.4, 0.5) is 0 Å². The van der Waals surface area contributed by atoms with Crippen LogP contribution in [0.2, 0.25) is 0 Å². The van der Waals surface area contributed by atoms with E-state index in [1.54, 1.807) is 11.0 Å². The molecule has 3 aromatic carbocycles. The molecular formula is C30H30N2O3. The zero-order valence-electron chi connectivity index (χ0n) is 20.0. The lowest BCUT2D eigenvalue weighted by molar-refractivity contribution is -0.177. The van der Waals surface area contributed by atoms with E-state index in [2.05, 4.69) is 6.58 Å². The molecule has 5 nitrogen and oxygen atoms in total. The Hall–Kier alpha value is -3.86. The molecule has 3 aromatic rings. The van der Waals surface area contributed by atoms with E-state index in [-0.39, 0.29) is 17.7 Å². The second-order valence-electron chi connectivity index (χ2n) is 9.51. The smallest absolute Gasteiger partial charge is 0.239 e. The van der Waals surface area contributed by atoms with Gasteiger partial charge in [-0.2, -0.15) is 0 Å². The van der Waals surface area contributed by atoms with Gasteiger partial charge in [0, 0.05) is 32.0 Å². The molecule has 0 unspecified atom stereocenters. The first-order valence-electron chi connectivity index (χ1n) is 12.1. The normalized spacial score (nSPS) is 22.7. The number of likely N-dealkylation sites (tertiary alicyclic amines) is 1. The standard InChI is InChI=1S/C30H30N2O3/c1-3-18-32-29(34)27(25-19-30(32,2)35-26-17-11-10-16-24(25)26)28(33)31(20-22-12-6-4-7-13-22)21-23-14-8-5-9-15-23/h3-17,25,27H,1,18-21H2,2H3/t25-,27+,30-/m1/s1. The van der Waals surface area contributed by atoms with E-state index in [0.717, 1.165) is 22.4 Å². The monoisotopic (exact) mass is 466 g/mol. The highest BCUT2D eigenvalue weighted by Gasteiger charge is 2.56. The van der Waals surface area contributed by atoms with Gasteiger partial charge >= 0.3 is 0 Å². The number of fused-ring (bicyclic) bond motifs is 4. The Labute approximate surface area is 206 Å². The lowest BCUT2D eigenvalue weighted by Crippen LogP contribution is -2.64. The largest absolute Gasteiger partial charge is 0.468 e. The number of ether oxygens (including phenoxy) is 1. The number of para-hydroxylation sites is 1. The fourth-order valence-electron chi connectivity index (χ4n) is 5.42. The number of nitrogens with zero attached hydrogens (tertiary/aromatic N) is 2. The van der Waals surface area contributed by atoms with Crippen LogP contribution in [0.1, 0.15) is 36.0 Å². The van der Waals surface area contributed by atoms with Crippen LogP contribution in [0.5, 0.6) is 5.75 Å². The van der Waals surface area contributed by atoms with Gasteiger partial charge in [0.15, 0.2) is 5.72 Å². The molecule has 5 rings (SSSR count). The summed E-state index contributed by atoms with van der Waals surface area (Å²) in [5, 5.41) is 0. The van der Waals surface area contributed by atoms with Gasteiger partial charge in [-0.05, 0) is 29.7 Å². The van der Waals surface area contributed by atoms with Crippen LogP contribution in [0, 0.1) is 5.92 Å². The SMILES string of the molecule is C=CCN1C(=O)[C@H](C(=O)N(Cc2ccccc2)Cc2ccccc2)[C@@H]2C[C@@]1(C)Oc1ccccc12. The van der Waals surface area contributed by atoms with Crippen LogP contribution < -0.4 is 4.74 Å².